The highest BCUT2D eigenvalue weighted by Gasteiger charge is 2.25. The van der Waals surface area contributed by atoms with Crippen molar-refractivity contribution in [3.8, 4) is 0 Å². The van der Waals surface area contributed by atoms with E-state index in [0.717, 1.165) is 23.9 Å². The molecule has 31 heavy (non-hydrogen) atoms. The average Bonchev–Trinajstić information content (AvgIpc) is 2.81. The number of nitrogens with zero attached hydrogens (tertiary/aromatic N) is 3. The number of aryl methyl sites for hydroxylation is 1. The van der Waals surface area contributed by atoms with Crippen LogP contribution in [0.4, 0.5) is 0 Å². The summed E-state index contributed by atoms with van der Waals surface area (Å²) < 4.78 is 6.37. The summed E-state index contributed by atoms with van der Waals surface area (Å²) in [6.07, 6.45) is 2.88. The first-order valence-corrected chi connectivity index (χ1v) is 10.5. The molecule has 4 rings (SSSR count). The molecule has 0 N–H and O–H groups in total. The van der Waals surface area contributed by atoms with Gasteiger partial charge in [-0.2, -0.15) is 5.10 Å². The number of esters is 1. The Bertz CT molecular complexity index is 1150. The van der Waals surface area contributed by atoms with Crippen LogP contribution in [-0.2, 0) is 23.0 Å². The molecule has 3 aromatic rings. The molecular weight excluding hydrogens is 394 g/mol. The largest absolute Gasteiger partial charge is 0.451 e. The van der Waals surface area contributed by atoms with E-state index >= 15 is 0 Å². The Balaban J connectivity index is 1.33. The molecule has 7 heteroatoms. The number of piperidine rings is 1. The number of rotatable bonds is 5. The van der Waals surface area contributed by atoms with Gasteiger partial charge in [-0.1, -0.05) is 48.5 Å². The molecule has 1 saturated heterocycles. The molecule has 1 aromatic heterocycles. The van der Waals surface area contributed by atoms with Crippen molar-refractivity contribution in [2.24, 2.45) is 13.0 Å². The van der Waals surface area contributed by atoms with Gasteiger partial charge in [0.15, 0.2) is 12.3 Å². The van der Waals surface area contributed by atoms with E-state index in [1.165, 1.54) is 12.6 Å². The van der Waals surface area contributed by atoms with Crippen molar-refractivity contribution in [2.45, 2.75) is 19.3 Å². The number of benzene rings is 2. The molecule has 7 nitrogen and oxygen atoms in total. The number of likely N-dealkylation sites (tertiary alicyclic amines) is 1. The highest BCUT2D eigenvalue weighted by atomic mass is 16.5. The Labute approximate surface area is 180 Å². The second kappa shape index (κ2) is 9.12. The molecule has 1 amide bonds. The van der Waals surface area contributed by atoms with E-state index < -0.39 is 5.97 Å². The zero-order valence-electron chi connectivity index (χ0n) is 17.5. The normalized spacial score (nSPS) is 14.5. The van der Waals surface area contributed by atoms with Crippen molar-refractivity contribution in [3.05, 3.63) is 76.2 Å². The molecule has 0 spiro atoms. The minimum absolute atomic E-state index is 0.0343. The molecule has 0 atom stereocenters. The predicted molar refractivity (Wildman–Crippen MR) is 117 cm³/mol. The SMILES string of the molecule is Cn1nc(C(=O)OCC(=O)N2CCC(Cc3ccccc3)CC2)c2ccccc2c1=O. The third-order valence-corrected chi connectivity index (χ3v) is 5.81. The van der Waals surface area contributed by atoms with Crippen LogP contribution in [0.2, 0.25) is 0 Å². The zero-order chi connectivity index (χ0) is 21.8. The van der Waals surface area contributed by atoms with Crippen molar-refractivity contribution in [3.63, 3.8) is 0 Å². The van der Waals surface area contributed by atoms with Gasteiger partial charge in [-0.25, -0.2) is 9.48 Å². The first-order valence-electron chi connectivity index (χ1n) is 10.5. The Morgan fingerprint density at radius 2 is 1.65 bits per heavy atom. The maximum atomic E-state index is 12.6. The highest BCUT2D eigenvalue weighted by molar-refractivity contribution is 6.02. The lowest BCUT2D eigenvalue weighted by molar-refractivity contribution is -0.135. The molecule has 0 unspecified atom stereocenters. The molecule has 0 saturated carbocycles. The fourth-order valence-corrected chi connectivity index (χ4v) is 4.07. The molecule has 2 heterocycles. The van der Waals surface area contributed by atoms with Crippen molar-refractivity contribution in [1.29, 1.82) is 0 Å². The number of fused-ring (bicyclic) bond motifs is 1. The number of amides is 1. The first-order chi connectivity index (χ1) is 15.0. The van der Waals surface area contributed by atoms with Gasteiger partial charge in [0.25, 0.3) is 11.5 Å². The standard InChI is InChI=1S/C24H25N3O4/c1-26-23(29)20-10-6-5-9-19(20)22(25-26)24(30)31-16-21(28)27-13-11-18(12-14-27)15-17-7-3-2-4-8-17/h2-10,18H,11-16H2,1H3. The van der Waals surface area contributed by atoms with Crippen LogP contribution in [0.25, 0.3) is 10.8 Å². The Morgan fingerprint density at radius 3 is 2.35 bits per heavy atom. The van der Waals surface area contributed by atoms with E-state index in [1.54, 1.807) is 29.2 Å². The molecule has 1 fully saturated rings. The van der Waals surface area contributed by atoms with Gasteiger partial charge in [-0.15, -0.1) is 0 Å². The molecule has 1 aliphatic heterocycles. The van der Waals surface area contributed by atoms with Crippen LogP contribution in [0.5, 0.6) is 0 Å². The van der Waals surface area contributed by atoms with E-state index in [9.17, 15) is 14.4 Å². The summed E-state index contributed by atoms with van der Waals surface area (Å²) in [5.74, 6) is -0.366. The summed E-state index contributed by atoms with van der Waals surface area (Å²) in [6.45, 7) is 0.991. The van der Waals surface area contributed by atoms with Crippen LogP contribution in [0.15, 0.2) is 59.4 Å². The Kier molecular flexibility index (Phi) is 6.11. The molecule has 0 aliphatic carbocycles. The number of aromatic nitrogens is 2. The minimum atomic E-state index is -0.709. The summed E-state index contributed by atoms with van der Waals surface area (Å²) in [5, 5.41) is 4.85. The van der Waals surface area contributed by atoms with Crippen LogP contribution >= 0.6 is 0 Å². The maximum absolute atomic E-state index is 12.6. The van der Waals surface area contributed by atoms with E-state index in [4.69, 9.17) is 4.74 Å². The molecule has 160 valence electrons. The summed E-state index contributed by atoms with van der Waals surface area (Å²) in [6, 6.07) is 17.1. The quantitative estimate of drug-likeness (QED) is 0.594. The number of hydrogen-bond acceptors (Lipinski definition) is 5. The lowest BCUT2D eigenvalue weighted by atomic mass is 9.90. The number of carbonyl (C=O) groups excluding carboxylic acids is 2. The Hall–Kier alpha value is -3.48. The monoisotopic (exact) mass is 419 g/mol. The second-order valence-electron chi connectivity index (χ2n) is 7.91. The van der Waals surface area contributed by atoms with E-state index in [-0.39, 0.29) is 23.8 Å². The van der Waals surface area contributed by atoms with Crippen LogP contribution < -0.4 is 5.56 Å². The van der Waals surface area contributed by atoms with Gasteiger partial charge in [-0.05, 0) is 36.8 Å². The lowest BCUT2D eigenvalue weighted by Gasteiger charge is -2.32. The molecule has 1 aliphatic rings. The predicted octanol–water partition coefficient (Wildman–Crippen LogP) is 2.57. The average molecular weight is 419 g/mol. The van der Waals surface area contributed by atoms with Gasteiger partial charge in [-0.3, -0.25) is 9.59 Å². The molecule has 0 bridgehead atoms. The molecule has 0 radical (unpaired) electrons. The van der Waals surface area contributed by atoms with Gasteiger partial charge < -0.3 is 9.64 Å². The fraction of sp³-hybridized carbons (Fsp3) is 0.333. The first kappa shape index (κ1) is 20.8. The van der Waals surface area contributed by atoms with Gasteiger partial charge in [0.05, 0.1) is 5.39 Å². The maximum Gasteiger partial charge on any atom is 0.359 e. The summed E-state index contributed by atoms with van der Waals surface area (Å²) in [4.78, 5) is 39.1. The lowest BCUT2D eigenvalue weighted by Crippen LogP contribution is -2.41. The summed E-state index contributed by atoms with van der Waals surface area (Å²) >= 11 is 0. The van der Waals surface area contributed by atoms with Crippen molar-refractivity contribution in [2.75, 3.05) is 19.7 Å². The summed E-state index contributed by atoms with van der Waals surface area (Å²) in [7, 11) is 1.48. The highest BCUT2D eigenvalue weighted by Crippen LogP contribution is 2.22. The zero-order valence-corrected chi connectivity index (χ0v) is 17.5. The van der Waals surface area contributed by atoms with Crippen molar-refractivity contribution < 1.29 is 14.3 Å². The number of hydrogen-bond donors (Lipinski definition) is 0. The Morgan fingerprint density at radius 1 is 1.00 bits per heavy atom. The fourth-order valence-electron chi connectivity index (χ4n) is 4.07. The third-order valence-electron chi connectivity index (χ3n) is 5.81. The van der Waals surface area contributed by atoms with Gasteiger partial charge in [0.2, 0.25) is 0 Å². The molecule has 2 aromatic carbocycles. The van der Waals surface area contributed by atoms with E-state index in [0.29, 0.717) is 29.8 Å². The van der Waals surface area contributed by atoms with Crippen LogP contribution in [0.1, 0.15) is 28.9 Å². The smallest absolute Gasteiger partial charge is 0.359 e. The minimum Gasteiger partial charge on any atom is -0.451 e. The number of ether oxygens (including phenoxy) is 1. The number of carbonyl (C=O) groups is 2. The second-order valence-corrected chi connectivity index (χ2v) is 7.91. The van der Waals surface area contributed by atoms with Gasteiger partial charge >= 0.3 is 5.97 Å². The van der Waals surface area contributed by atoms with Crippen molar-refractivity contribution >= 4 is 22.6 Å². The van der Waals surface area contributed by atoms with Crippen LogP contribution in [-0.4, -0.2) is 46.3 Å². The van der Waals surface area contributed by atoms with Crippen molar-refractivity contribution in [1.82, 2.24) is 14.7 Å². The summed E-state index contributed by atoms with van der Waals surface area (Å²) in [5.41, 5.74) is 1.06. The van der Waals surface area contributed by atoms with Gasteiger partial charge in [0, 0.05) is 25.5 Å². The van der Waals surface area contributed by atoms with E-state index in [2.05, 4.69) is 17.2 Å². The topological polar surface area (TPSA) is 81.5 Å². The van der Waals surface area contributed by atoms with Crippen LogP contribution in [0, 0.1) is 5.92 Å². The molecular formula is C24H25N3O4. The van der Waals surface area contributed by atoms with Gasteiger partial charge in [0.1, 0.15) is 0 Å². The van der Waals surface area contributed by atoms with E-state index in [1.807, 2.05) is 18.2 Å². The third kappa shape index (κ3) is 4.66. The van der Waals surface area contributed by atoms with Crippen LogP contribution in [0.3, 0.4) is 0 Å².